The molecule has 3 heteroatoms. The van der Waals surface area contributed by atoms with Gasteiger partial charge in [0.15, 0.2) is 0 Å². The molecule has 0 fully saturated rings. The second kappa shape index (κ2) is 5.89. The molecule has 0 aliphatic rings. The Morgan fingerprint density at radius 2 is 2.18 bits per heavy atom. The number of esters is 1. The van der Waals surface area contributed by atoms with Crippen LogP contribution in [0.25, 0.3) is 0 Å². The Morgan fingerprint density at radius 3 is 2.64 bits per heavy atom. The van der Waals surface area contributed by atoms with Gasteiger partial charge in [0, 0.05) is 0 Å². The molecular formula is C8H13FO2. The average molecular weight is 160 g/mol. The van der Waals surface area contributed by atoms with Crippen molar-refractivity contribution in [3.8, 4) is 0 Å². The Morgan fingerprint density at radius 1 is 1.55 bits per heavy atom. The second-order valence-electron chi connectivity index (χ2n) is 2.06. The van der Waals surface area contributed by atoms with Crippen LogP contribution in [0.15, 0.2) is 11.9 Å². The summed E-state index contributed by atoms with van der Waals surface area (Å²) in [7, 11) is 0. The normalized spacial score (nSPS) is 11.4. The monoisotopic (exact) mass is 160 g/mol. The summed E-state index contributed by atoms with van der Waals surface area (Å²) < 4.78 is 17.0. The van der Waals surface area contributed by atoms with Crippen LogP contribution in [0, 0.1) is 0 Å². The molecule has 0 rings (SSSR count). The van der Waals surface area contributed by atoms with Gasteiger partial charge in [0.25, 0.3) is 0 Å². The summed E-state index contributed by atoms with van der Waals surface area (Å²) in [6.45, 7) is 3.77. The number of allylic oxidation sites excluding steroid dienone is 1. The lowest BCUT2D eigenvalue weighted by molar-refractivity contribution is -0.140. The molecule has 0 amide bonds. The van der Waals surface area contributed by atoms with E-state index in [1.54, 1.807) is 6.92 Å². The minimum atomic E-state index is -0.860. The van der Waals surface area contributed by atoms with E-state index in [4.69, 9.17) is 0 Å². The Kier molecular flexibility index (Phi) is 5.43. The Bertz CT molecular complexity index is 152. The number of rotatable bonds is 4. The van der Waals surface area contributed by atoms with Crippen LogP contribution in [0.4, 0.5) is 4.39 Å². The van der Waals surface area contributed by atoms with E-state index in [1.807, 2.05) is 6.92 Å². The number of hydrogen-bond acceptors (Lipinski definition) is 2. The maximum absolute atomic E-state index is 12.6. The SMILES string of the molecule is CCC/C=C(/F)C(=O)OCC. The molecule has 0 aliphatic heterocycles. The van der Waals surface area contributed by atoms with Crippen molar-refractivity contribution in [3.05, 3.63) is 11.9 Å². The summed E-state index contributed by atoms with van der Waals surface area (Å²) in [5.74, 6) is -1.64. The molecule has 0 radical (unpaired) electrons. The first kappa shape index (κ1) is 10.1. The lowest BCUT2D eigenvalue weighted by Gasteiger charge is -1.96. The smallest absolute Gasteiger partial charge is 0.366 e. The Balaban J connectivity index is 3.80. The lowest BCUT2D eigenvalue weighted by Crippen LogP contribution is -2.03. The van der Waals surface area contributed by atoms with Crippen LogP contribution in [0.5, 0.6) is 0 Å². The van der Waals surface area contributed by atoms with Gasteiger partial charge in [-0.25, -0.2) is 4.79 Å². The fraction of sp³-hybridized carbons (Fsp3) is 0.625. The zero-order valence-corrected chi connectivity index (χ0v) is 6.89. The van der Waals surface area contributed by atoms with Crippen molar-refractivity contribution < 1.29 is 13.9 Å². The number of carbonyl (C=O) groups is 1. The predicted octanol–water partition coefficient (Wildman–Crippen LogP) is 2.20. The van der Waals surface area contributed by atoms with Gasteiger partial charge in [0.2, 0.25) is 5.83 Å². The van der Waals surface area contributed by atoms with Crippen molar-refractivity contribution in [2.75, 3.05) is 6.61 Å². The van der Waals surface area contributed by atoms with Crippen LogP contribution in [-0.2, 0) is 9.53 Å². The van der Waals surface area contributed by atoms with Gasteiger partial charge in [-0.05, 0) is 19.4 Å². The quantitative estimate of drug-likeness (QED) is 0.465. The summed E-state index contributed by atoms with van der Waals surface area (Å²) in [5.41, 5.74) is 0. The number of unbranched alkanes of at least 4 members (excludes halogenated alkanes) is 1. The minimum Gasteiger partial charge on any atom is -0.461 e. The fourth-order valence-corrected chi connectivity index (χ4v) is 0.554. The van der Waals surface area contributed by atoms with E-state index in [-0.39, 0.29) is 6.61 Å². The van der Waals surface area contributed by atoms with Gasteiger partial charge in [-0.15, -0.1) is 0 Å². The lowest BCUT2D eigenvalue weighted by atomic mass is 10.3. The molecule has 0 saturated heterocycles. The third-order valence-corrected chi connectivity index (χ3v) is 1.08. The molecule has 0 atom stereocenters. The molecule has 0 unspecified atom stereocenters. The van der Waals surface area contributed by atoms with Crippen molar-refractivity contribution in [3.63, 3.8) is 0 Å². The molecule has 0 aromatic heterocycles. The van der Waals surface area contributed by atoms with Gasteiger partial charge in [-0.3, -0.25) is 0 Å². The van der Waals surface area contributed by atoms with Crippen LogP contribution < -0.4 is 0 Å². The summed E-state index contributed by atoms with van der Waals surface area (Å²) in [4.78, 5) is 10.6. The highest BCUT2D eigenvalue weighted by atomic mass is 19.1. The summed E-state index contributed by atoms with van der Waals surface area (Å²) in [5, 5.41) is 0. The fourth-order valence-electron chi connectivity index (χ4n) is 0.554. The number of halogens is 1. The van der Waals surface area contributed by atoms with Gasteiger partial charge >= 0.3 is 5.97 Å². The van der Waals surface area contributed by atoms with Crippen molar-refractivity contribution in [2.45, 2.75) is 26.7 Å². The maximum atomic E-state index is 12.6. The molecule has 11 heavy (non-hydrogen) atoms. The van der Waals surface area contributed by atoms with E-state index in [0.29, 0.717) is 6.42 Å². The second-order valence-corrected chi connectivity index (χ2v) is 2.06. The van der Waals surface area contributed by atoms with E-state index in [9.17, 15) is 9.18 Å². The molecule has 0 bridgehead atoms. The molecule has 0 aromatic carbocycles. The average Bonchev–Trinajstić information content (AvgIpc) is 2.00. The highest BCUT2D eigenvalue weighted by Gasteiger charge is 2.07. The van der Waals surface area contributed by atoms with Crippen molar-refractivity contribution in [1.82, 2.24) is 0 Å². The molecule has 0 heterocycles. The standard InChI is InChI=1S/C8H13FO2/c1-3-5-6-7(9)8(10)11-4-2/h6H,3-5H2,1-2H3/b7-6+. The van der Waals surface area contributed by atoms with Gasteiger partial charge in [0.1, 0.15) is 0 Å². The van der Waals surface area contributed by atoms with Crippen LogP contribution >= 0.6 is 0 Å². The molecule has 0 spiro atoms. The molecule has 0 saturated carbocycles. The van der Waals surface area contributed by atoms with Crippen LogP contribution in [0.3, 0.4) is 0 Å². The minimum absolute atomic E-state index is 0.215. The van der Waals surface area contributed by atoms with Gasteiger partial charge in [0.05, 0.1) is 6.61 Å². The van der Waals surface area contributed by atoms with E-state index >= 15 is 0 Å². The number of hydrogen-bond donors (Lipinski definition) is 0. The van der Waals surface area contributed by atoms with Gasteiger partial charge in [-0.2, -0.15) is 4.39 Å². The molecular weight excluding hydrogens is 147 g/mol. The summed E-state index contributed by atoms with van der Waals surface area (Å²) in [6.07, 6.45) is 2.65. The molecule has 64 valence electrons. The first-order valence-corrected chi connectivity index (χ1v) is 3.75. The molecule has 0 aromatic rings. The highest BCUT2D eigenvalue weighted by Crippen LogP contribution is 2.02. The summed E-state index contributed by atoms with van der Waals surface area (Å²) >= 11 is 0. The van der Waals surface area contributed by atoms with E-state index in [1.165, 1.54) is 6.08 Å². The van der Waals surface area contributed by atoms with Crippen LogP contribution in [0.2, 0.25) is 0 Å². The predicted molar refractivity (Wildman–Crippen MR) is 40.7 cm³/mol. The Labute approximate surface area is 66.0 Å². The van der Waals surface area contributed by atoms with Gasteiger partial charge in [-0.1, -0.05) is 13.3 Å². The zero-order chi connectivity index (χ0) is 8.69. The van der Waals surface area contributed by atoms with E-state index < -0.39 is 11.8 Å². The van der Waals surface area contributed by atoms with Crippen LogP contribution in [0.1, 0.15) is 26.7 Å². The molecule has 0 N–H and O–H groups in total. The van der Waals surface area contributed by atoms with E-state index in [2.05, 4.69) is 4.74 Å². The molecule has 2 nitrogen and oxygen atoms in total. The van der Waals surface area contributed by atoms with Crippen LogP contribution in [-0.4, -0.2) is 12.6 Å². The first-order chi connectivity index (χ1) is 5.22. The largest absolute Gasteiger partial charge is 0.461 e. The number of carbonyl (C=O) groups excluding carboxylic acids is 1. The topological polar surface area (TPSA) is 26.3 Å². The third kappa shape index (κ3) is 4.53. The first-order valence-electron chi connectivity index (χ1n) is 3.75. The third-order valence-electron chi connectivity index (χ3n) is 1.08. The number of ether oxygens (including phenoxy) is 1. The summed E-state index contributed by atoms with van der Waals surface area (Å²) in [6, 6.07) is 0. The maximum Gasteiger partial charge on any atom is 0.366 e. The van der Waals surface area contributed by atoms with E-state index in [0.717, 1.165) is 6.42 Å². The molecule has 0 aliphatic carbocycles. The Hall–Kier alpha value is -0.860. The van der Waals surface area contributed by atoms with Crippen molar-refractivity contribution in [2.24, 2.45) is 0 Å². The van der Waals surface area contributed by atoms with Crippen molar-refractivity contribution >= 4 is 5.97 Å². The highest BCUT2D eigenvalue weighted by molar-refractivity contribution is 5.85. The zero-order valence-electron chi connectivity index (χ0n) is 6.89. The van der Waals surface area contributed by atoms with Crippen molar-refractivity contribution in [1.29, 1.82) is 0 Å². The van der Waals surface area contributed by atoms with Gasteiger partial charge < -0.3 is 4.74 Å².